The summed E-state index contributed by atoms with van der Waals surface area (Å²) in [6.07, 6.45) is 18.9. The predicted molar refractivity (Wildman–Crippen MR) is 252 cm³/mol. The molecule has 3 aromatic heterocycles. The first-order chi connectivity index (χ1) is 31.3. The second-order valence-corrected chi connectivity index (χ2v) is 21.6. The van der Waals surface area contributed by atoms with Crippen molar-refractivity contribution in [2.24, 2.45) is 23.3 Å². The quantitative estimate of drug-likeness (QED) is 0.0874. The standard InChI is InChI=1S/C19H23F2NOS.C18H23N2O.C16H18F2N3.Ir.Ni.Pd/c1-11-18(22-12(2)24-11)16-15(23)9-14(20)13(17(16)21)10-19(3)7-5-4-6-8-19;1-13-7-8-15(14(2)11-13)17-19-16(21-20-17)12-18(3)9-5-4-6-10-18;1-16(7-3-4-8-16)10-14-19-15(20-21(14)2)12-6-5-11(17)9-13(12)18;;;/h9,23H,4-8,10H2,1-3H3;7,11H,4-6,9-10,12H2,1-3H3;5,9H,3-4,7-8,10H2,1-2H3;;;/q;2*-1;;;. The van der Waals surface area contributed by atoms with Gasteiger partial charge in [0.1, 0.15) is 29.0 Å². The van der Waals surface area contributed by atoms with E-state index in [0.29, 0.717) is 23.4 Å². The molecule has 0 spiro atoms. The van der Waals surface area contributed by atoms with Crippen LogP contribution in [0, 0.1) is 79.3 Å². The number of rotatable bonds is 9. The van der Waals surface area contributed by atoms with Gasteiger partial charge in [-0.3, -0.25) is 18.4 Å². The van der Waals surface area contributed by atoms with Gasteiger partial charge in [-0.2, -0.15) is 0 Å². The molecule has 3 aliphatic carbocycles. The monoisotopic (exact) mass is 1280 g/mol. The number of aromatic nitrogens is 6. The molecule has 0 bridgehead atoms. The molecule has 1 N–H and O–H groups in total. The Morgan fingerprint density at radius 1 is 0.710 bits per heavy atom. The summed E-state index contributed by atoms with van der Waals surface area (Å²) < 4.78 is 63.5. The Hall–Kier alpha value is -3.10. The number of thiazole rings is 1. The van der Waals surface area contributed by atoms with E-state index in [4.69, 9.17) is 4.52 Å². The Morgan fingerprint density at radius 2 is 1.28 bits per heavy atom. The summed E-state index contributed by atoms with van der Waals surface area (Å²) >= 11 is 1.44. The second-order valence-electron chi connectivity index (χ2n) is 20.2. The van der Waals surface area contributed by atoms with Gasteiger partial charge in [0.2, 0.25) is 5.89 Å². The van der Waals surface area contributed by atoms with E-state index in [2.05, 4.69) is 78.0 Å². The average Bonchev–Trinajstić information content (AvgIpc) is 4.05. The van der Waals surface area contributed by atoms with Crippen molar-refractivity contribution in [1.29, 1.82) is 0 Å². The SMILES string of the molecule is Cc1c[c-]c(-c2noc(CC3(C)CCCCC3)n2)c(C)c1.Cc1nc(-c2c(O)cc(F)c(CC3(C)CCCCC3)c2F)c(C)s1.Cn1nc(-c2[c-]cc(F)cc2F)nc1CC1(C)CCCC1.[Ir].[Ni].[Pd]. The van der Waals surface area contributed by atoms with Gasteiger partial charge >= 0.3 is 0 Å². The van der Waals surface area contributed by atoms with Crippen LogP contribution in [0.3, 0.4) is 0 Å². The van der Waals surface area contributed by atoms with Crippen LogP contribution in [-0.4, -0.2) is 35.0 Å². The summed E-state index contributed by atoms with van der Waals surface area (Å²) in [4.78, 5) is 14.2. The van der Waals surface area contributed by atoms with Crippen LogP contribution in [0.5, 0.6) is 5.75 Å². The molecule has 16 heteroatoms. The van der Waals surface area contributed by atoms with Crippen LogP contribution in [-0.2, 0) is 83.3 Å². The van der Waals surface area contributed by atoms with Crippen molar-refractivity contribution in [3.8, 4) is 39.8 Å². The molecule has 3 aromatic carbocycles. The number of halogens is 4. The summed E-state index contributed by atoms with van der Waals surface area (Å²) in [5, 5.41) is 19.3. The van der Waals surface area contributed by atoms with Gasteiger partial charge in [0, 0.05) is 105 Å². The normalized spacial score (nSPS) is 16.7. The van der Waals surface area contributed by atoms with E-state index >= 15 is 4.39 Å². The molecular weight excluding hydrogens is 1220 g/mol. The number of hydrogen-bond donors (Lipinski definition) is 1. The third-order valence-corrected chi connectivity index (χ3v) is 14.9. The first kappa shape index (κ1) is 58.5. The third-order valence-electron chi connectivity index (χ3n) is 14.0. The van der Waals surface area contributed by atoms with Crippen LogP contribution in [0.15, 0.2) is 34.9 Å². The van der Waals surface area contributed by atoms with Crippen molar-refractivity contribution in [2.75, 3.05) is 0 Å². The van der Waals surface area contributed by atoms with Crippen molar-refractivity contribution in [3.63, 3.8) is 0 Å². The number of nitrogens with zero attached hydrogens (tertiary/aromatic N) is 6. The minimum atomic E-state index is -0.681. The molecular formula is C53H64F4IrN6NiO2PdS-2. The minimum absolute atomic E-state index is 0. The average molecular weight is 1280 g/mol. The molecule has 3 saturated carbocycles. The van der Waals surface area contributed by atoms with E-state index in [1.807, 2.05) is 27.0 Å². The Bertz CT molecular complexity index is 2640. The molecule has 3 heterocycles. The van der Waals surface area contributed by atoms with Gasteiger partial charge in [-0.15, -0.1) is 63.5 Å². The molecule has 8 nitrogen and oxygen atoms in total. The van der Waals surface area contributed by atoms with E-state index in [0.717, 1.165) is 89.5 Å². The molecule has 1 radical (unpaired) electrons. The first-order valence-electron chi connectivity index (χ1n) is 23.6. The third kappa shape index (κ3) is 14.8. The molecule has 6 aromatic rings. The van der Waals surface area contributed by atoms with Crippen LogP contribution in [0.4, 0.5) is 17.6 Å². The molecule has 3 aliphatic rings. The summed E-state index contributed by atoms with van der Waals surface area (Å²) in [7, 11) is 1.81. The zero-order valence-corrected chi connectivity index (χ0v) is 46.6. The molecule has 69 heavy (non-hydrogen) atoms. The van der Waals surface area contributed by atoms with E-state index in [-0.39, 0.29) is 96.1 Å². The summed E-state index contributed by atoms with van der Waals surface area (Å²) in [6, 6.07) is 12.9. The maximum atomic E-state index is 15.2. The number of hydrogen-bond acceptors (Lipinski definition) is 8. The van der Waals surface area contributed by atoms with Crippen LogP contribution in [0.1, 0.15) is 149 Å². The molecule has 0 amide bonds. The first-order valence-corrected chi connectivity index (χ1v) is 24.4. The molecule has 0 unspecified atom stereocenters. The summed E-state index contributed by atoms with van der Waals surface area (Å²) in [5.41, 5.74) is 4.45. The smallest absolute Gasteiger partial charge is 0.217 e. The Kier molecular flexibility index (Phi) is 21.2. The van der Waals surface area contributed by atoms with E-state index < -0.39 is 23.3 Å². The summed E-state index contributed by atoms with van der Waals surface area (Å²) in [6.45, 7) is 14.5. The summed E-state index contributed by atoms with van der Waals surface area (Å²) in [5.74, 6) is -0.485. The van der Waals surface area contributed by atoms with Crippen LogP contribution in [0.2, 0.25) is 0 Å². The van der Waals surface area contributed by atoms with Gasteiger partial charge in [-0.1, -0.05) is 97.6 Å². The van der Waals surface area contributed by atoms with E-state index in [1.165, 1.54) is 81.1 Å². The van der Waals surface area contributed by atoms with Crippen LogP contribution >= 0.6 is 11.3 Å². The molecule has 9 rings (SSSR count). The Labute approximate surface area is 447 Å². The van der Waals surface area contributed by atoms with Crippen molar-refractivity contribution < 1.29 is 84.2 Å². The number of phenols is 1. The Balaban J connectivity index is 0.000000221. The topological polar surface area (TPSA) is 103 Å². The van der Waals surface area contributed by atoms with Crippen LogP contribution in [0.25, 0.3) is 34.0 Å². The number of aromatic hydroxyl groups is 1. The maximum Gasteiger partial charge on any atom is 0.217 e. The van der Waals surface area contributed by atoms with Crippen molar-refractivity contribution in [1.82, 2.24) is 29.9 Å². The van der Waals surface area contributed by atoms with E-state index in [1.54, 1.807) is 4.68 Å². The second kappa shape index (κ2) is 25.0. The van der Waals surface area contributed by atoms with Gasteiger partial charge in [0.25, 0.3) is 0 Å². The fourth-order valence-electron chi connectivity index (χ4n) is 10.3. The Morgan fingerprint density at radius 3 is 1.84 bits per heavy atom. The number of phenolic OH excluding ortho intramolecular Hbond substituents is 1. The van der Waals surface area contributed by atoms with Gasteiger partial charge in [-0.05, 0) is 75.0 Å². The maximum absolute atomic E-state index is 15.2. The molecule has 0 aliphatic heterocycles. The molecule has 383 valence electrons. The minimum Gasteiger partial charge on any atom is -0.507 e. The zero-order chi connectivity index (χ0) is 47.4. The van der Waals surface area contributed by atoms with Gasteiger partial charge < -0.3 is 9.63 Å². The van der Waals surface area contributed by atoms with Crippen molar-refractivity contribution >= 4 is 11.3 Å². The predicted octanol–water partition coefficient (Wildman–Crippen LogP) is 14.3. The largest absolute Gasteiger partial charge is 0.507 e. The molecule has 3 fully saturated rings. The van der Waals surface area contributed by atoms with Gasteiger partial charge in [0.05, 0.1) is 22.1 Å². The van der Waals surface area contributed by atoms with Crippen LogP contribution < -0.4 is 0 Å². The van der Waals surface area contributed by atoms with Crippen molar-refractivity contribution in [3.05, 3.63) is 104 Å². The van der Waals surface area contributed by atoms with Gasteiger partial charge in [-0.25, -0.2) is 23.8 Å². The van der Waals surface area contributed by atoms with Crippen molar-refractivity contribution in [2.45, 2.75) is 158 Å². The molecule has 0 saturated heterocycles. The number of benzene rings is 3. The molecule has 0 atom stereocenters. The fourth-order valence-corrected chi connectivity index (χ4v) is 11.1. The zero-order valence-electron chi connectivity index (χ0n) is 40.8. The van der Waals surface area contributed by atoms with Gasteiger partial charge in [0.15, 0.2) is 0 Å². The van der Waals surface area contributed by atoms with E-state index in [9.17, 15) is 18.3 Å². The number of aryl methyl sites for hydroxylation is 5. The fraction of sp³-hybridized carbons (Fsp3) is 0.528.